The van der Waals surface area contributed by atoms with Gasteiger partial charge in [0.25, 0.3) is 0 Å². The number of carbonyl (C=O) groups excluding carboxylic acids is 1. The largest absolute Gasteiger partial charge is 0.466 e. The predicted octanol–water partition coefficient (Wildman–Crippen LogP) is 3.45. The first-order chi connectivity index (χ1) is 17.5. The minimum absolute atomic E-state index is 0.0151. The van der Waals surface area contributed by atoms with Crippen molar-refractivity contribution in [2.75, 3.05) is 19.7 Å². The average Bonchev–Trinajstić information content (AvgIpc) is 3.21. The molecule has 0 bridgehead atoms. The summed E-state index contributed by atoms with van der Waals surface area (Å²) in [5.74, 6) is -0.393. The van der Waals surface area contributed by atoms with Crippen LogP contribution in [0.1, 0.15) is 36.5 Å². The first-order valence-corrected chi connectivity index (χ1v) is 13.6. The predicted molar refractivity (Wildman–Crippen MR) is 143 cm³/mol. The Bertz CT molecular complexity index is 1420. The number of amidine groups is 1. The molecule has 1 saturated heterocycles. The van der Waals surface area contributed by atoms with Crippen molar-refractivity contribution in [2.45, 2.75) is 31.2 Å². The molecule has 37 heavy (non-hydrogen) atoms. The van der Waals surface area contributed by atoms with Crippen molar-refractivity contribution in [1.29, 1.82) is 5.41 Å². The molecule has 0 saturated carbocycles. The molecular formula is C28H32N4O4S. The molecule has 8 nitrogen and oxygen atoms in total. The third-order valence-electron chi connectivity index (χ3n) is 6.97. The van der Waals surface area contributed by atoms with Crippen molar-refractivity contribution < 1.29 is 17.9 Å². The molecule has 1 aliphatic rings. The Morgan fingerprint density at radius 3 is 2.46 bits per heavy atom. The van der Waals surface area contributed by atoms with Crippen LogP contribution in [0.3, 0.4) is 0 Å². The summed E-state index contributed by atoms with van der Waals surface area (Å²) in [5, 5.41) is 13.2. The normalized spacial score (nSPS) is 20.0. The molecular weight excluding hydrogens is 488 g/mol. The second kappa shape index (κ2) is 10.5. The lowest BCUT2D eigenvalue weighted by Crippen LogP contribution is -2.37. The number of rotatable bonds is 8. The van der Waals surface area contributed by atoms with Crippen LogP contribution in [-0.2, 0) is 26.1 Å². The van der Waals surface area contributed by atoms with Gasteiger partial charge >= 0.3 is 5.97 Å². The van der Waals surface area contributed by atoms with Gasteiger partial charge in [-0.1, -0.05) is 60.7 Å². The fourth-order valence-corrected chi connectivity index (χ4v) is 5.88. The number of carbonyl (C=O) groups is 1. The molecule has 1 heterocycles. The van der Waals surface area contributed by atoms with E-state index in [1.807, 2.05) is 49.4 Å². The number of ether oxygens (including phenoxy) is 1. The molecule has 0 unspecified atom stereocenters. The van der Waals surface area contributed by atoms with Gasteiger partial charge in [-0.2, -0.15) is 0 Å². The molecule has 194 valence electrons. The van der Waals surface area contributed by atoms with E-state index >= 15 is 0 Å². The number of hydrogen-bond acceptors (Lipinski definition) is 6. The maximum atomic E-state index is 13.1. The molecule has 4 rings (SSSR count). The molecule has 1 aliphatic heterocycles. The molecule has 0 radical (unpaired) electrons. The minimum atomic E-state index is -3.85. The van der Waals surface area contributed by atoms with E-state index in [-0.39, 0.29) is 22.6 Å². The van der Waals surface area contributed by atoms with Crippen LogP contribution in [0.25, 0.3) is 11.1 Å². The van der Waals surface area contributed by atoms with E-state index in [4.69, 9.17) is 21.0 Å². The fourth-order valence-electron chi connectivity index (χ4n) is 5.12. The number of nitrogens with one attached hydrogen (secondary N) is 1. The topological polar surface area (TPSA) is 140 Å². The van der Waals surface area contributed by atoms with Crippen molar-refractivity contribution in [2.24, 2.45) is 16.3 Å². The van der Waals surface area contributed by atoms with Crippen LogP contribution in [-0.4, -0.2) is 44.8 Å². The van der Waals surface area contributed by atoms with E-state index in [2.05, 4.69) is 4.90 Å². The molecule has 3 aromatic rings. The number of benzene rings is 3. The van der Waals surface area contributed by atoms with Gasteiger partial charge in [-0.15, -0.1) is 0 Å². The highest BCUT2D eigenvalue weighted by Gasteiger charge is 2.50. The molecule has 9 heteroatoms. The van der Waals surface area contributed by atoms with Gasteiger partial charge in [0.15, 0.2) is 0 Å². The number of nitrogens with two attached hydrogens (primary N) is 2. The van der Waals surface area contributed by atoms with Gasteiger partial charge in [-0.3, -0.25) is 15.1 Å². The van der Waals surface area contributed by atoms with E-state index in [9.17, 15) is 13.2 Å². The molecule has 3 aromatic carbocycles. The summed E-state index contributed by atoms with van der Waals surface area (Å²) in [6, 6.07) is 21.8. The SMILES string of the molecule is CCOC(=O)[C@@]1(C)CN(Cc2ccc(-c3ccccc3S(N)(=O)=O)cc2)C[C@@H]1c1cccc(C(=N)N)c1. The van der Waals surface area contributed by atoms with E-state index in [1.54, 1.807) is 31.2 Å². The zero-order valence-corrected chi connectivity index (χ0v) is 21.8. The smallest absolute Gasteiger partial charge is 0.313 e. The van der Waals surface area contributed by atoms with Crippen LogP contribution in [0.15, 0.2) is 77.7 Å². The Balaban J connectivity index is 1.59. The van der Waals surface area contributed by atoms with Gasteiger partial charge in [0.1, 0.15) is 5.84 Å². The summed E-state index contributed by atoms with van der Waals surface area (Å²) in [6.45, 7) is 5.78. The zero-order valence-electron chi connectivity index (χ0n) is 21.0. The number of primary sulfonamides is 1. The van der Waals surface area contributed by atoms with Crippen LogP contribution in [0, 0.1) is 10.8 Å². The lowest BCUT2D eigenvalue weighted by Gasteiger charge is -2.28. The number of sulfonamides is 1. The van der Waals surface area contributed by atoms with Crippen molar-refractivity contribution in [3.05, 3.63) is 89.5 Å². The van der Waals surface area contributed by atoms with Crippen LogP contribution < -0.4 is 10.9 Å². The fraction of sp³-hybridized carbons (Fsp3) is 0.286. The van der Waals surface area contributed by atoms with Gasteiger partial charge in [0.05, 0.1) is 16.9 Å². The number of nitrogen functional groups attached to an aromatic ring is 1. The van der Waals surface area contributed by atoms with E-state index in [0.29, 0.717) is 37.4 Å². The lowest BCUT2D eigenvalue weighted by molar-refractivity contribution is -0.154. The third-order valence-corrected chi connectivity index (χ3v) is 7.94. The second-order valence-electron chi connectivity index (χ2n) is 9.64. The van der Waals surface area contributed by atoms with Crippen LogP contribution in [0.4, 0.5) is 0 Å². The van der Waals surface area contributed by atoms with Gasteiger partial charge in [-0.25, -0.2) is 13.6 Å². The van der Waals surface area contributed by atoms with Crippen molar-refractivity contribution in [1.82, 2.24) is 4.90 Å². The van der Waals surface area contributed by atoms with E-state index in [0.717, 1.165) is 16.7 Å². The van der Waals surface area contributed by atoms with Gasteiger partial charge in [0, 0.05) is 36.7 Å². The first kappa shape index (κ1) is 26.5. The average molecular weight is 521 g/mol. The second-order valence-corrected chi connectivity index (χ2v) is 11.2. The molecule has 2 atom stereocenters. The standard InChI is InChI=1S/C28H32N4O4S/c1-3-36-27(33)28(2)18-32(17-24(28)21-7-6-8-22(15-21)26(29)30)16-19-11-13-20(14-12-19)23-9-4-5-10-25(23)37(31,34)35/h4-15,24H,3,16-18H2,1-2H3,(H3,29,30)(H2,31,34,35)/t24-,28+/m1/s1. The monoisotopic (exact) mass is 520 g/mol. The maximum Gasteiger partial charge on any atom is 0.313 e. The summed E-state index contributed by atoms with van der Waals surface area (Å²) >= 11 is 0. The van der Waals surface area contributed by atoms with Crippen LogP contribution >= 0.6 is 0 Å². The summed E-state index contributed by atoms with van der Waals surface area (Å²) in [4.78, 5) is 15.4. The summed E-state index contributed by atoms with van der Waals surface area (Å²) in [6.07, 6.45) is 0. The highest BCUT2D eigenvalue weighted by atomic mass is 32.2. The summed E-state index contributed by atoms with van der Waals surface area (Å²) in [7, 11) is -3.85. The Morgan fingerprint density at radius 1 is 1.11 bits per heavy atom. The Hall–Kier alpha value is -3.53. The quantitative estimate of drug-likeness (QED) is 0.236. The lowest BCUT2D eigenvalue weighted by atomic mass is 9.76. The molecule has 0 aliphatic carbocycles. The highest BCUT2D eigenvalue weighted by Crippen LogP contribution is 2.44. The number of likely N-dealkylation sites (tertiary alicyclic amines) is 1. The van der Waals surface area contributed by atoms with Crippen molar-refractivity contribution >= 4 is 21.8 Å². The van der Waals surface area contributed by atoms with Crippen LogP contribution in [0.2, 0.25) is 0 Å². The highest BCUT2D eigenvalue weighted by molar-refractivity contribution is 7.89. The molecule has 0 amide bonds. The van der Waals surface area contributed by atoms with E-state index < -0.39 is 15.4 Å². The minimum Gasteiger partial charge on any atom is -0.466 e. The Labute approximate surface area is 217 Å². The third kappa shape index (κ3) is 5.58. The van der Waals surface area contributed by atoms with Crippen molar-refractivity contribution in [3.63, 3.8) is 0 Å². The maximum absolute atomic E-state index is 13.1. The number of nitrogens with zero attached hydrogens (tertiary/aromatic N) is 1. The van der Waals surface area contributed by atoms with Gasteiger partial charge < -0.3 is 10.5 Å². The number of hydrogen-bond donors (Lipinski definition) is 3. The van der Waals surface area contributed by atoms with E-state index in [1.165, 1.54) is 6.07 Å². The Morgan fingerprint density at radius 2 is 1.81 bits per heavy atom. The van der Waals surface area contributed by atoms with Gasteiger partial charge in [-0.05, 0) is 42.7 Å². The van der Waals surface area contributed by atoms with Crippen LogP contribution in [0.5, 0.6) is 0 Å². The molecule has 5 N–H and O–H groups in total. The summed E-state index contributed by atoms with van der Waals surface area (Å²) in [5.41, 5.74) is 8.86. The number of esters is 1. The molecule has 1 fully saturated rings. The zero-order chi connectivity index (χ0) is 26.8. The van der Waals surface area contributed by atoms with Crippen molar-refractivity contribution in [3.8, 4) is 11.1 Å². The first-order valence-electron chi connectivity index (χ1n) is 12.1. The molecule has 0 spiro atoms. The molecule has 0 aromatic heterocycles. The Kier molecular flexibility index (Phi) is 7.49. The van der Waals surface area contributed by atoms with Gasteiger partial charge in [0.2, 0.25) is 10.0 Å². The summed E-state index contributed by atoms with van der Waals surface area (Å²) < 4.78 is 29.5.